The van der Waals surface area contributed by atoms with Gasteiger partial charge in [0.25, 0.3) is 10.0 Å². The normalized spacial score (nSPS) is 12.0. The third-order valence-corrected chi connectivity index (χ3v) is 6.75. The van der Waals surface area contributed by atoms with E-state index in [0.717, 1.165) is 0 Å². The maximum Gasteiger partial charge on any atom is 0.264 e. The number of benzene rings is 1. The van der Waals surface area contributed by atoms with Gasteiger partial charge in [-0.1, -0.05) is 13.8 Å². The van der Waals surface area contributed by atoms with Crippen molar-refractivity contribution in [1.29, 1.82) is 0 Å². The molecule has 0 spiro atoms. The molecule has 0 aliphatic heterocycles. The zero-order valence-electron chi connectivity index (χ0n) is 20.2. The molecule has 35 heavy (non-hydrogen) atoms. The zero-order valence-corrected chi connectivity index (χ0v) is 21.0. The summed E-state index contributed by atoms with van der Waals surface area (Å²) in [7, 11) is -2.79. The molecule has 10 heteroatoms. The Balaban J connectivity index is 1.99. The van der Waals surface area contributed by atoms with Crippen LogP contribution < -0.4 is 9.46 Å². The number of pyridine rings is 2. The van der Waals surface area contributed by atoms with Crippen molar-refractivity contribution in [2.24, 2.45) is 0 Å². The number of aliphatic hydroxyl groups is 1. The number of halogens is 1. The Labute approximate surface area is 204 Å². The highest BCUT2D eigenvalue weighted by atomic mass is 32.2. The first-order valence-electron chi connectivity index (χ1n) is 10.9. The second kappa shape index (κ2) is 10.1. The molecule has 0 fully saturated rings. The van der Waals surface area contributed by atoms with Gasteiger partial charge < -0.3 is 9.84 Å². The molecule has 8 nitrogen and oxygen atoms in total. The van der Waals surface area contributed by atoms with E-state index in [2.05, 4.69) is 14.7 Å². The monoisotopic (exact) mass is 501 g/mol. The van der Waals surface area contributed by atoms with Gasteiger partial charge in [-0.2, -0.15) is 0 Å². The lowest BCUT2D eigenvalue weighted by molar-refractivity contribution is -0.118. The summed E-state index contributed by atoms with van der Waals surface area (Å²) in [6, 6.07) is 8.37. The van der Waals surface area contributed by atoms with Crippen molar-refractivity contribution < 1.29 is 27.4 Å². The molecule has 0 saturated carbocycles. The molecular weight excluding hydrogens is 473 g/mol. The standard InChI is InChI=1S/C25H28FN3O5S/c1-15(2)19-11-17(26)12-20(16-6-8-28-24(10-16)34-5)21(19)14-23(30)29-35(32,33)18-7-9-27-22(13-18)25(3,4)31/h6-13,15,31H,14H2,1-5H3,(H,29,30). The Morgan fingerprint density at radius 1 is 1.14 bits per heavy atom. The van der Waals surface area contributed by atoms with Crippen LogP contribution in [-0.4, -0.2) is 36.5 Å². The molecule has 2 aromatic heterocycles. The van der Waals surface area contributed by atoms with Gasteiger partial charge in [0, 0.05) is 18.5 Å². The van der Waals surface area contributed by atoms with Gasteiger partial charge >= 0.3 is 0 Å². The Morgan fingerprint density at radius 2 is 1.83 bits per heavy atom. The van der Waals surface area contributed by atoms with Crippen LogP contribution in [0.2, 0.25) is 0 Å². The van der Waals surface area contributed by atoms with E-state index in [0.29, 0.717) is 28.1 Å². The molecule has 0 aliphatic rings. The number of hydrogen-bond acceptors (Lipinski definition) is 7. The molecule has 2 heterocycles. The highest BCUT2D eigenvalue weighted by Crippen LogP contribution is 2.33. The lowest BCUT2D eigenvalue weighted by Crippen LogP contribution is -2.32. The fourth-order valence-corrected chi connectivity index (χ4v) is 4.63. The van der Waals surface area contributed by atoms with Crippen molar-refractivity contribution in [3.63, 3.8) is 0 Å². The maximum atomic E-state index is 14.5. The van der Waals surface area contributed by atoms with Crippen molar-refractivity contribution >= 4 is 15.9 Å². The van der Waals surface area contributed by atoms with Crippen LogP contribution in [0.5, 0.6) is 5.88 Å². The number of carbonyl (C=O) groups is 1. The SMILES string of the molecule is COc1cc(-c2cc(F)cc(C(C)C)c2CC(=O)NS(=O)(=O)c2ccnc(C(C)(C)O)c2)ccn1. The first-order valence-corrected chi connectivity index (χ1v) is 12.4. The lowest BCUT2D eigenvalue weighted by Gasteiger charge is -2.19. The summed E-state index contributed by atoms with van der Waals surface area (Å²) >= 11 is 0. The number of hydrogen-bond donors (Lipinski definition) is 2. The predicted octanol–water partition coefficient (Wildman–Crippen LogP) is 3.69. The van der Waals surface area contributed by atoms with Crippen molar-refractivity contribution in [2.75, 3.05) is 7.11 Å². The van der Waals surface area contributed by atoms with Crippen molar-refractivity contribution in [3.05, 3.63) is 71.4 Å². The van der Waals surface area contributed by atoms with Gasteiger partial charge in [0.15, 0.2) is 0 Å². The quantitative estimate of drug-likeness (QED) is 0.483. The van der Waals surface area contributed by atoms with E-state index in [1.165, 1.54) is 57.6 Å². The topological polar surface area (TPSA) is 118 Å². The van der Waals surface area contributed by atoms with Gasteiger partial charge in [-0.3, -0.25) is 9.78 Å². The maximum absolute atomic E-state index is 14.5. The number of aromatic nitrogens is 2. The summed E-state index contributed by atoms with van der Waals surface area (Å²) in [5, 5.41) is 10.1. The van der Waals surface area contributed by atoms with Crippen molar-refractivity contribution in [2.45, 2.75) is 50.5 Å². The Kier molecular flexibility index (Phi) is 7.56. The minimum absolute atomic E-state index is 0.137. The Bertz CT molecular complexity index is 1350. The summed E-state index contributed by atoms with van der Waals surface area (Å²) in [6.45, 7) is 6.67. The van der Waals surface area contributed by atoms with E-state index in [1.54, 1.807) is 12.1 Å². The average molecular weight is 502 g/mol. The minimum Gasteiger partial charge on any atom is -0.481 e. The van der Waals surface area contributed by atoms with Gasteiger partial charge in [-0.15, -0.1) is 0 Å². The number of nitrogens with zero attached hydrogens (tertiary/aromatic N) is 2. The Hall–Kier alpha value is -3.37. The summed E-state index contributed by atoms with van der Waals surface area (Å²) < 4.78 is 47.6. The number of nitrogens with one attached hydrogen (secondary N) is 1. The molecule has 186 valence electrons. The van der Waals surface area contributed by atoms with Crippen LogP contribution in [0, 0.1) is 5.82 Å². The van der Waals surface area contributed by atoms with Gasteiger partial charge in [-0.25, -0.2) is 22.5 Å². The van der Waals surface area contributed by atoms with Crippen LogP contribution in [0.15, 0.2) is 53.7 Å². The molecule has 1 aromatic carbocycles. The molecule has 0 saturated heterocycles. The smallest absolute Gasteiger partial charge is 0.264 e. The van der Waals surface area contributed by atoms with Crippen LogP contribution in [0.1, 0.15) is 50.4 Å². The van der Waals surface area contributed by atoms with Crippen LogP contribution in [0.3, 0.4) is 0 Å². The highest BCUT2D eigenvalue weighted by Gasteiger charge is 2.25. The molecular formula is C25H28FN3O5S. The van der Waals surface area contributed by atoms with Crippen molar-refractivity contribution in [3.8, 4) is 17.0 Å². The number of ether oxygens (including phenoxy) is 1. The molecule has 0 bridgehead atoms. The van der Waals surface area contributed by atoms with Gasteiger partial charge in [0.1, 0.15) is 11.4 Å². The number of methoxy groups -OCH3 is 1. The van der Waals surface area contributed by atoms with E-state index in [-0.39, 0.29) is 22.9 Å². The van der Waals surface area contributed by atoms with E-state index >= 15 is 0 Å². The number of sulfonamides is 1. The van der Waals surface area contributed by atoms with Crippen LogP contribution in [0.25, 0.3) is 11.1 Å². The average Bonchev–Trinajstić information content (AvgIpc) is 2.79. The summed E-state index contributed by atoms with van der Waals surface area (Å²) in [5.74, 6) is -1.09. The molecule has 1 amide bonds. The van der Waals surface area contributed by atoms with Crippen LogP contribution >= 0.6 is 0 Å². The van der Waals surface area contributed by atoms with E-state index < -0.39 is 27.3 Å². The Morgan fingerprint density at radius 3 is 2.46 bits per heavy atom. The molecule has 3 aromatic rings. The van der Waals surface area contributed by atoms with Crippen LogP contribution in [-0.2, 0) is 26.8 Å². The third kappa shape index (κ3) is 6.20. The fraction of sp³-hybridized carbons (Fsp3) is 0.320. The fourth-order valence-electron chi connectivity index (χ4n) is 3.63. The van der Waals surface area contributed by atoms with E-state index in [9.17, 15) is 22.7 Å². The number of rotatable bonds is 8. The molecule has 3 rings (SSSR count). The van der Waals surface area contributed by atoms with Gasteiger partial charge in [-0.05, 0) is 72.4 Å². The van der Waals surface area contributed by atoms with E-state index in [4.69, 9.17) is 4.74 Å². The summed E-state index contributed by atoms with van der Waals surface area (Å²) in [4.78, 5) is 20.8. The molecule has 0 aliphatic carbocycles. The van der Waals surface area contributed by atoms with Gasteiger partial charge in [0.2, 0.25) is 11.8 Å². The van der Waals surface area contributed by atoms with Crippen LogP contribution in [0.4, 0.5) is 4.39 Å². The second-order valence-corrected chi connectivity index (χ2v) is 10.6. The highest BCUT2D eigenvalue weighted by molar-refractivity contribution is 7.90. The summed E-state index contributed by atoms with van der Waals surface area (Å²) in [5.41, 5.74) is 0.868. The number of amides is 1. The van der Waals surface area contributed by atoms with Gasteiger partial charge in [0.05, 0.1) is 24.1 Å². The predicted molar refractivity (Wildman–Crippen MR) is 129 cm³/mol. The lowest BCUT2D eigenvalue weighted by atomic mass is 9.88. The summed E-state index contributed by atoms with van der Waals surface area (Å²) in [6.07, 6.45) is 2.45. The largest absolute Gasteiger partial charge is 0.481 e. The number of carbonyl (C=O) groups excluding carboxylic acids is 1. The molecule has 2 N–H and O–H groups in total. The molecule has 0 radical (unpaired) electrons. The third-order valence-electron chi connectivity index (χ3n) is 5.38. The van der Waals surface area contributed by atoms with Crippen molar-refractivity contribution in [1.82, 2.24) is 14.7 Å². The van der Waals surface area contributed by atoms with E-state index in [1.807, 2.05) is 13.8 Å². The molecule has 0 unspecified atom stereocenters. The minimum atomic E-state index is -4.25. The first-order chi connectivity index (χ1) is 16.3. The second-order valence-electron chi connectivity index (χ2n) is 8.90. The molecule has 0 atom stereocenters. The zero-order chi connectivity index (χ0) is 26.0. The first kappa shape index (κ1) is 26.2.